The largest absolute Gasteiger partial charge is 0.339 e. The first-order valence-electron chi connectivity index (χ1n) is 6.30. The van der Waals surface area contributed by atoms with Crippen LogP contribution in [0.4, 0.5) is 0 Å². The summed E-state index contributed by atoms with van der Waals surface area (Å²) in [6, 6.07) is 0. The van der Waals surface area contributed by atoms with Crippen LogP contribution in [0, 0.1) is 0 Å². The number of carbonyl (C=O) groups excluding carboxylic acids is 2. The zero-order valence-corrected chi connectivity index (χ0v) is 12.5. The van der Waals surface area contributed by atoms with Gasteiger partial charge in [-0.1, -0.05) is 0 Å². The summed E-state index contributed by atoms with van der Waals surface area (Å²) >= 11 is 0. The average Bonchev–Trinajstić information content (AvgIpc) is 2.85. The third kappa shape index (κ3) is 3.94. The molecular weight excluding hydrogens is 282 g/mol. The third-order valence-electron chi connectivity index (χ3n) is 3.14. The number of carbonyl (C=O) groups is 2. The Morgan fingerprint density at radius 2 is 2.05 bits per heavy atom. The number of hydrogen-bond acceptors (Lipinski definition) is 4. The van der Waals surface area contributed by atoms with Gasteiger partial charge in [0.25, 0.3) is 5.91 Å². The lowest BCUT2D eigenvalue weighted by atomic mass is 10.3. The van der Waals surface area contributed by atoms with Gasteiger partial charge in [-0.05, 0) is 0 Å². The molecule has 2 heterocycles. The maximum Gasteiger partial charge on any atom is 0.257 e. The van der Waals surface area contributed by atoms with E-state index in [1.54, 1.807) is 29.9 Å². The van der Waals surface area contributed by atoms with Crippen LogP contribution in [0.5, 0.6) is 0 Å². The number of piperazine rings is 1. The van der Waals surface area contributed by atoms with E-state index in [2.05, 4.69) is 10.4 Å². The van der Waals surface area contributed by atoms with Gasteiger partial charge in [-0.2, -0.15) is 5.10 Å². The second kappa shape index (κ2) is 7.25. The summed E-state index contributed by atoms with van der Waals surface area (Å²) in [5.74, 6) is -0.196. The normalized spacial score (nSPS) is 14.6. The minimum atomic E-state index is -0.184. The molecule has 0 aromatic carbocycles. The third-order valence-corrected chi connectivity index (χ3v) is 3.14. The van der Waals surface area contributed by atoms with Crippen molar-refractivity contribution in [2.75, 3.05) is 39.8 Å². The van der Waals surface area contributed by atoms with Crippen LogP contribution in [0.1, 0.15) is 10.4 Å². The summed E-state index contributed by atoms with van der Waals surface area (Å²) in [6.07, 6.45) is 3.16. The molecule has 8 heteroatoms. The first-order chi connectivity index (χ1) is 9.08. The van der Waals surface area contributed by atoms with E-state index in [4.69, 9.17) is 0 Å². The van der Waals surface area contributed by atoms with Gasteiger partial charge in [-0.15, -0.1) is 12.4 Å². The monoisotopic (exact) mass is 301 g/mol. The smallest absolute Gasteiger partial charge is 0.257 e. The number of nitrogens with one attached hydrogen (secondary N) is 1. The highest BCUT2D eigenvalue weighted by Crippen LogP contribution is 2.03. The molecule has 112 valence electrons. The van der Waals surface area contributed by atoms with E-state index in [1.807, 2.05) is 0 Å². The van der Waals surface area contributed by atoms with Crippen LogP contribution < -0.4 is 5.32 Å². The SMILES string of the molecule is CN(CC(=O)N1CCNCC1)C(=O)c1cnn(C)c1.Cl. The van der Waals surface area contributed by atoms with Gasteiger partial charge in [0.05, 0.1) is 18.3 Å². The number of amides is 2. The molecule has 1 saturated heterocycles. The molecule has 0 aliphatic carbocycles. The van der Waals surface area contributed by atoms with Crippen LogP contribution in [0.15, 0.2) is 12.4 Å². The Hall–Kier alpha value is -1.60. The van der Waals surface area contributed by atoms with Gasteiger partial charge >= 0.3 is 0 Å². The van der Waals surface area contributed by atoms with Gasteiger partial charge in [0.1, 0.15) is 0 Å². The highest BCUT2D eigenvalue weighted by atomic mass is 35.5. The minimum Gasteiger partial charge on any atom is -0.339 e. The van der Waals surface area contributed by atoms with Crippen LogP contribution in [-0.2, 0) is 11.8 Å². The van der Waals surface area contributed by atoms with Crippen molar-refractivity contribution in [1.29, 1.82) is 0 Å². The molecule has 2 rings (SSSR count). The topological polar surface area (TPSA) is 70.5 Å². The highest BCUT2D eigenvalue weighted by molar-refractivity contribution is 5.95. The van der Waals surface area contributed by atoms with E-state index in [9.17, 15) is 9.59 Å². The van der Waals surface area contributed by atoms with E-state index in [0.717, 1.165) is 13.1 Å². The van der Waals surface area contributed by atoms with Crippen molar-refractivity contribution in [3.8, 4) is 0 Å². The average molecular weight is 302 g/mol. The number of nitrogens with zero attached hydrogens (tertiary/aromatic N) is 4. The first kappa shape index (κ1) is 16.5. The van der Waals surface area contributed by atoms with Gasteiger partial charge in [0.15, 0.2) is 0 Å². The van der Waals surface area contributed by atoms with E-state index < -0.39 is 0 Å². The molecule has 0 radical (unpaired) electrons. The van der Waals surface area contributed by atoms with E-state index in [1.165, 1.54) is 11.1 Å². The Labute approximate surface area is 124 Å². The van der Waals surface area contributed by atoms with Crippen molar-refractivity contribution >= 4 is 24.2 Å². The molecular formula is C12H20ClN5O2. The Balaban J connectivity index is 0.00000200. The molecule has 1 aliphatic heterocycles. The molecule has 0 atom stereocenters. The number of halogens is 1. The van der Waals surface area contributed by atoms with Crippen molar-refractivity contribution in [2.24, 2.45) is 7.05 Å². The molecule has 1 aliphatic rings. The summed E-state index contributed by atoms with van der Waals surface area (Å²) < 4.78 is 1.57. The summed E-state index contributed by atoms with van der Waals surface area (Å²) in [5, 5.41) is 7.14. The summed E-state index contributed by atoms with van der Waals surface area (Å²) in [4.78, 5) is 27.3. The second-order valence-electron chi connectivity index (χ2n) is 4.69. The van der Waals surface area contributed by atoms with E-state index >= 15 is 0 Å². The van der Waals surface area contributed by atoms with Crippen molar-refractivity contribution in [2.45, 2.75) is 0 Å². The molecule has 20 heavy (non-hydrogen) atoms. The van der Waals surface area contributed by atoms with Gasteiger partial charge in [-0.3, -0.25) is 14.3 Å². The van der Waals surface area contributed by atoms with Gasteiger partial charge < -0.3 is 15.1 Å². The first-order valence-corrected chi connectivity index (χ1v) is 6.30. The maximum absolute atomic E-state index is 12.1. The van der Waals surface area contributed by atoms with E-state index in [0.29, 0.717) is 18.7 Å². The molecule has 2 amide bonds. The second-order valence-corrected chi connectivity index (χ2v) is 4.69. The lowest BCUT2D eigenvalue weighted by Gasteiger charge is -2.29. The van der Waals surface area contributed by atoms with Gasteiger partial charge in [0, 0.05) is 46.5 Å². The quantitative estimate of drug-likeness (QED) is 0.805. The molecule has 1 fully saturated rings. The Morgan fingerprint density at radius 1 is 1.40 bits per heavy atom. The van der Waals surface area contributed by atoms with Crippen LogP contribution in [0.2, 0.25) is 0 Å². The standard InChI is InChI=1S/C12H19N5O2.ClH/c1-15(12(19)10-7-14-16(2)8-10)9-11(18)17-5-3-13-4-6-17;/h7-8,13H,3-6,9H2,1-2H3;1H. The summed E-state index contributed by atoms with van der Waals surface area (Å²) in [6.45, 7) is 3.13. The van der Waals surface area contributed by atoms with Crippen LogP contribution in [0.25, 0.3) is 0 Å². The minimum absolute atomic E-state index is 0. The predicted octanol–water partition coefficient (Wildman–Crippen LogP) is -0.654. The lowest BCUT2D eigenvalue weighted by molar-refractivity contribution is -0.132. The van der Waals surface area contributed by atoms with Crippen LogP contribution >= 0.6 is 12.4 Å². The van der Waals surface area contributed by atoms with Crippen molar-refractivity contribution in [3.63, 3.8) is 0 Å². The Bertz CT molecular complexity index is 470. The number of aryl methyl sites for hydroxylation is 1. The summed E-state index contributed by atoms with van der Waals surface area (Å²) in [5.41, 5.74) is 0.498. The Morgan fingerprint density at radius 3 is 2.60 bits per heavy atom. The maximum atomic E-state index is 12.1. The predicted molar refractivity (Wildman–Crippen MR) is 76.9 cm³/mol. The van der Waals surface area contributed by atoms with Crippen LogP contribution in [0.3, 0.4) is 0 Å². The fourth-order valence-corrected chi connectivity index (χ4v) is 2.04. The van der Waals surface area contributed by atoms with Gasteiger partial charge in [0.2, 0.25) is 5.91 Å². The molecule has 0 spiro atoms. The van der Waals surface area contributed by atoms with Crippen LogP contribution in [-0.4, -0.2) is 71.2 Å². The number of hydrogen-bond donors (Lipinski definition) is 1. The van der Waals surface area contributed by atoms with Gasteiger partial charge in [-0.25, -0.2) is 0 Å². The molecule has 0 unspecified atom stereocenters. The zero-order chi connectivity index (χ0) is 13.8. The summed E-state index contributed by atoms with van der Waals surface area (Å²) in [7, 11) is 3.39. The highest BCUT2D eigenvalue weighted by Gasteiger charge is 2.21. The molecule has 7 nitrogen and oxygen atoms in total. The molecule has 0 saturated carbocycles. The molecule has 1 aromatic rings. The number of aromatic nitrogens is 2. The molecule has 0 bridgehead atoms. The fourth-order valence-electron chi connectivity index (χ4n) is 2.04. The molecule has 1 N–H and O–H groups in total. The number of likely N-dealkylation sites (N-methyl/N-ethyl adjacent to an activating group) is 1. The molecule has 1 aromatic heterocycles. The lowest BCUT2D eigenvalue weighted by Crippen LogP contribution is -2.49. The Kier molecular flexibility index (Phi) is 5.97. The fraction of sp³-hybridized carbons (Fsp3) is 0.583. The van der Waals surface area contributed by atoms with Crippen molar-refractivity contribution < 1.29 is 9.59 Å². The van der Waals surface area contributed by atoms with Crippen molar-refractivity contribution in [1.82, 2.24) is 24.9 Å². The van der Waals surface area contributed by atoms with E-state index in [-0.39, 0.29) is 30.8 Å². The zero-order valence-electron chi connectivity index (χ0n) is 11.7. The van der Waals surface area contributed by atoms with Crippen molar-refractivity contribution in [3.05, 3.63) is 18.0 Å². The number of rotatable bonds is 3.